The molecule has 0 aromatic carbocycles. The average molecular weight is 195 g/mol. The van der Waals surface area contributed by atoms with Gasteiger partial charge >= 0.3 is 0 Å². The van der Waals surface area contributed by atoms with Crippen LogP contribution in [0.3, 0.4) is 0 Å². The molecule has 2 saturated carbocycles. The van der Waals surface area contributed by atoms with Crippen molar-refractivity contribution in [2.45, 2.75) is 38.6 Å². The van der Waals surface area contributed by atoms with Gasteiger partial charge in [-0.2, -0.15) is 0 Å². The van der Waals surface area contributed by atoms with E-state index in [1.807, 2.05) is 0 Å². The van der Waals surface area contributed by atoms with Crippen LogP contribution in [0.4, 0.5) is 0 Å². The standard InChI is InChI=1S/C12H21NO/c1-12(7-14-8-12)6-13-11-4-2-3-9-5-10(9)11/h9-11,13H,2-8H2,1H3/t9-,10+,11?/m0/s1. The van der Waals surface area contributed by atoms with E-state index in [-0.39, 0.29) is 0 Å². The molecule has 0 bridgehead atoms. The van der Waals surface area contributed by atoms with Crippen molar-refractivity contribution in [3.63, 3.8) is 0 Å². The van der Waals surface area contributed by atoms with E-state index < -0.39 is 0 Å². The molecule has 0 amide bonds. The normalized spacial score (nSPS) is 43.9. The summed E-state index contributed by atoms with van der Waals surface area (Å²) in [6, 6.07) is 0.839. The number of nitrogens with one attached hydrogen (secondary N) is 1. The Labute approximate surface area is 86.4 Å². The minimum absolute atomic E-state index is 0.446. The summed E-state index contributed by atoms with van der Waals surface area (Å²) in [4.78, 5) is 0. The zero-order valence-corrected chi connectivity index (χ0v) is 9.09. The van der Waals surface area contributed by atoms with Gasteiger partial charge in [-0.05, 0) is 24.7 Å². The lowest BCUT2D eigenvalue weighted by molar-refractivity contribution is -0.100. The molecule has 1 saturated heterocycles. The molecule has 3 aliphatic rings. The maximum Gasteiger partial charge on any atom is 0.0554 e. The molecule has 0 aromatic rings. The number of ether oxygens (including phenoxy) is 1. The lowest BCUT2D eigenvalue weighted by Gasteiger charge is -2.39. The van der Waals surface area contributed by atoms with Crippen LogP contribution in [0.15, 0.2) is 0 Å². The fourth-order valence-corrected chi connectivity index (χ4v) is 3.09. The zero-order chi connectivity index (χ0) is 9.60. The summed E-state index contributed by atoms with van der Waals surface area (Å²) in [6.45, 7) is 5.42. The first-order valence-corrected chi connectivity index (χ1v) is 6.08. The Morgan fingerprint density at radius 1 is 1.36 bits per heavy atom. The van der Waals surface area contributed by atoms with Crippen molar-refractivity contribution in [2.24, 2.45) is 17.3 Å². The third-order valence-electron chi connectivity index (χ3n) is 4.28. The smallest absolute Gasteiger partial charge is 0.0554 e. The van der Waals surface area contributed by atoms with Crippen LogP contribution in [0.5, 0.6) is 0 Å². The Morgan fingerprint density at radius 2 is 2.21 bits per heavy atom. The summed E-state index contributed by atoms with van der Waals surface area (Å²) < 4.78 is 5.28. The fourth-order valence-electron chi connectivity index (χ4n) is 3.09. The Morgan fingerprint density at radius 3 is 2.93 bits per heavy atom. The fraction of sp³-hybridized carbons (Fsp3) is 1.00. The largest absolute Gasteiger partial charge is 0.380 e. The minimum Gasteiger partial charge on any atom is -0.380 e. The van der Waals surface area contributed by atoms with Gasteiger partial charge in [0, 0.05) is 18.0 Å². The highest BCUT2D eigenvalue weighted by Crippen LogP contribution is 2.49. The summed E-state index contributed by atoms with van der Waals surface area (Å²) in [7, 11) is 0. The first-order chi connectivity index (χ1) is 6.77. The highest BCUT2D eigenvalue weighted by Gasteiger charge is 2.45. The van der Waals surface area contributed by atoms with Crippen molar-refractivity contribution in [3.05, 3.63) is 0 Å². The molecule has 0 radical (unpaired) electrons. The maximum atomic E-state index is 5.28. The van der Waals surface area contributed by atoms with E-state index in [0.29, 0.717) is 5.41 Å². The number of hydrogen-bond donors (Lipinski definition) is 1. The molecule has 14 heavy (non-hydrogen) atoms. The Balaban J connectivity index is 1.47. The van der Waals surface area contributed by atoms with Crippen molar-refractivity contribution < 1.29 is 4.74 Å². The lowest BCUT2D eigenvalue weighted by atomic mass is 9.87. The molecule has 2 nitrogen and oxygen atoms in total. The third kappa shape index (κ3) is 1.59. The van der Waals surface area contributed by atoms with Crippen molar-refractivity contribution >= 4 is 0 Å². The van der Waals surface area contributed by atoms with E-state index in [1.54, 1.807) is 0 Å². The van der Waals surface area contributed by atoms with E-state index in [0.717, 1.165) is 31.1 Å². The van der Waals surface area contributed by atoms with Gasteiger partial charge in [0.25, 0.3) is 0 Å². The summed E-state index contributed by atoms with van der Waals surface area (Å²) in [5.41, 5.74) is 0.446. The van der Waals surface area contributed by atoms with E-state index in [2.05, 4.69) is 12.2 Å². The van der Waals surface area contributed by atoms with Crippen LogP contribution in [-0.4, -0.2) is 25.8 Å². The Bertz CT molecular complexity index is 224. The highest BCUT2D eigenvalue weighted by atomic mass is 16.5. The van der Waals surface area contributed by atoms with Gasteiger partial charge in [-0.3, -0.25) is 0 Å². The molecule has 2 aliphatic carbocycles. The second-order valence-electron chi connectivity index (χ2n) is 5.88. The predicted octanol–water partition coefficient (Wildman–Crippen LogP) is 1.80. The van der Waals surface area contributed by atoms with Gasteiger partial charge in [-0.15, -0.1) is 0 Å². The molecular formula is C12H21NO. The molecular weight excluding hydrogens is 174 g/mol. The van der Waals surface area contributed by atoms with Gasteiger partial charge in [0.1, 0.15) is 0 Å². The summed E-state index contributed by atoms with van der Waals surface area (Å²) in [5, 5.41) is 3.78. The number of rotatable bonds is 3. The van der Waals surface area contributed by atoms with E-state index >= 15 is 0 Å². The first-order valence-electron chi connectivity index (χ1n) is 6.08. The highest BCUT2D eigenvalue weighted by molar-refractivity contribution is 4.99. The van der Waals surface area contributed by atoms with Gasteiger partial charge in [0.2, 0.25) is 0 Å². The van der Waals surface area contributed by atoms with Gasteiger partial charge in [0.05, 0.1) is 13.2 Å². The lowest BCUT2D eigenvalue weighted by Crippen LogP contribution is -2.50. The van der Waals surface area contributed by atoms with Gasteiger partial charge < -0.3 is 10.1 Å². The minimum atomic E-state index is 0.446. The van der Waals surface area contributed by atoms with Crippen molar-refractivity contribution in [1.29, 1.82) is 0 Å². The molecule has 2 heteroatoms. The number of hydrogen-bond acceptors (Lipinski definition) is 2. The molecule has 1 N–H and O–H groups in total. The van der Waals surface area contributed by atoms with E-state index in [1.165, 1.54) is 32.2 Å². The van der Waals surface area contributed by atoms with E-state index in [4.69, 9.17) is 4.74 Å². The second-order valence-corrected chi connectivity index (χ2v) is 5.88. The third-order valence-corrected chi connectivity index (χ3v) is 4.28. The molecule has 0 aromatic heterocycles. The molecule has 0 spiro atoms. The predicted molar refractivity (Wildman–Crippen MR) is 56.2 cm³/mol. The molecule has 3 atom stereocenters. The summed E-state index contributed by atoms with van der Waals surface area (Å²) >= 11 is 0. The van der Waals surface area contributed by atoms with Crippen LogP contribution in [0.1, 0.15) is 32.6 Å². The van der Waals surface area contributed by atoms with E-state index in [9.17, 15) is 0 Å². The van der Waals surface area contributed by atoms with Gasteiger partial charge in [0.15, 0.2) is 0 Å². The topological polar surface area (TPSA) is 21.3 Å². The SMILES string of the molecule is CC1(CNC2CCC[C@H]3C[C@@H]23)COC1. The van der Waals surface area contributed by atoms with Crippen LogP contribution >= 0.6 is 0 Å². The maximum absolute atomic E-state index is 5.28. The Hall–Kier alpha value is -0.0800. The molecule has 80 valence electrons. The monoisotopic (exact) mass is 195 g/mol. The zero-order valence-electron chi connectivity index (χ0n) is 9.09. The summed E-state index contributed by atoms with van der Waals surface area (Å²) in [5.74, 6) is 2.13. The molecule has 3 rings (SSSR count). The average Bonchev–Trinajstić information content (AvgIpc) is 2.90. The van der Waals surface area contributed by atoms with Crippen LogP contribution in [0, 0.1) is 17.3 Å². The molecule has 1 aliphatic heterocycles. The van der Waals surface area contributed by atoms with Crippen molar-refractivity contribution in [2.75, 3.05) is 19.8 Å². The second kappa shape index (κ2) is 3.21. The van der Waals surface area contributed by atoms with Crippen molar-refractivity contribution in [3.8, 4) is 0 Å². The quantitative estimate of drug-likeness (QED) is 0.741. The van der Waals surface area contributed by atoms with Crippen LogP contribution in [-0.2, 0) is 4.74 Å². The molecule has 1 heterocycles. The number of fused-ring (bicyclic) bond motifs is 1. The van der Waals surface area contributed by atoms with Crippen molar-refractivity contribution in [1.82, 2.24) is 5.32 Å². The molecule has 1 unspecified atom stereocenters. The molecule has 3 fully saturated rings. The Kier molecular flexibility index (Phi) is 2.10. The van der Waals surface area contributed by atoms with Crippen LogP contribution < -0.4 is 5.32 Å². The first kappa shape index (κ1) is 9.17. The van der Waals surface area contributed by atoms with Crippen LogP contribution in [0.2, 0.25) is 0 Å². The van der Waals surface area contributed by atoms with Crippen LogP contribution in [0.25, 0.3) is 0 Å². The summed E-state index contributed by atoms with van der Waals surface area (Å²) in [6.07, 6.45) is 5.87. The van der Waals surface area contributed by atoms with Gasteiger partial charge in [-0.25, -0.2) is 0 Å². The van der Waals surface area contributed by atoms with Gasteiger partial charge in [-0.1, -0.05) is 19.8 Å².